The molecule has 0 radical (unpaired) electrons. The fourth-order valence-corrected chi connectivity index (χ4v) is 3.71. The molecule has 0 amide bonds. The van der Waals surface area contributed by atoms with Gasteiger partial charge in [-0.3, -0.25) is 4.55 Å². The van der Waals surface area contributed by atoms with Crippen LogP contribution in [-0.2, 0) is 15.9 Å². The Bertz CT molecular complexity index is 1190. The van der Waals surface area contributed by atoms with Crippen LogP contribution in [0.5, 0.6) is 0 Å². The van der Waals surface area contributed by atoms with Crippen molar-refractivity contribution in [1.82, 2.24) is 4.98 Å². The number of fused-ring (bicyclic) bond motifs is 3. The summed E-state index contributed by atoms with van der Waals surface area (Å²) < 4.78 is 31.0. The van der Waals surface area contributed by atoms with Gasteiger partial charge >= 0.3 is 29.6 Å². The van der Waals surface area contributed by atoms with Crippen LogP contribution in [-0.4, -0.2) is 47.5 Å². The van der Waals surface area contributed by atoms with E-state index in [1.165, 1.54) is 0 Å². The summed E-state index contributed by atoms with van der Waals surface area (Å²) in [6.07, 6.45) is 0. The molecule has 126 valence electrons. The number of rotatable bonds is 3. The van der Waals surface area contributed by atoms with Crippen LogP contribution in [0.25, 0.3) is 32.9 Å². The number of aromatic nitrogens is 1. The SMILES string of the molecule is O=S(=O)(O)Cc1ccc(-c2nc3ccccc3c3ccccc23)cc1.[NaH]. The summed E-state index contributed by atoms with van der Waals surface area (Å²) in [5.74, 6) is -0.390. The average molecular weight is 373 g/mol. The molecule has 0 aliphatic carbocycles. The van der Waals surface area contributed by atoms with Crippen molar-refractivity contribution in [2.24, 2.45) is 0 Å². The third-order valence-corrected chi connectivity index (χ3v) is 4.88. The molecule has 0 fully saturated rings. The second-order valence-electron chi connectivity index (χ2n) is 5.95. The quantitative estimate of drug-likeness (QED) is 0.337. The van der Waals surface area contributed by atoms with Gasteiger partial charge in [0.25, 0.3) is 10.1 Å². The van der Waals surface area contributed by atoms with Crippen LogP contribution < -0.4 is 0 Å². The van der Waals surface area contributed by atoms with E-state index >= 15 is 0 Å². The molecular formula is C20H16NNaO3S. The van der Waals surface area contributed by atoms with Gasteiger partial charge in [-0.1, -0.05) is 66.7 Å². The second kappa shape index (κ2) is 7.47. The van der Waals surface area contributed by atoms with Crippen LogP contribution >= 0.6 is 0 Å². The number of hydrogen-bond acceptors (Lipinski definition) is 3. The monoisotopic (exact) mass is 373 g/mol. The summed E-state index contributed by atoms with van der Waals surface area (Å²) >= 11 is 0. The van der Waals surface area contributed by atoms with Crippen molar-refractivity contribution >= 4 is 61.4 Å². The van der Waals surface area contributed by atoms with Gasteiger partial charge in [0, 0.05) is 16.3 Å². The van der Waals surface area contributed by atoms with Crippen molar-refractivity contribution in [1.29, 1.82) is 0 Å². The Hall–Kier alpha value is -1.76. The van der Waals surface area contributed by atoms with E-state index in [2.05, 4.69) is 12.1 Å². The van der Waals surface area contributed by atoms with E-state index in [1.807, 2.05) is 48.5 Å². The first-order valence-corrected chi connectivity index (χ1v) is 9.44. The molecule has 4 rings (SSSR count). The zero-order valence-electron chi connectivity index (χ0n) is 13.3. The number of hydrogen-bond donors (Lipinski definition) is 1. The predicted octanol–water partition coefficient (Wildman–Crippen LogP) is 3.79. The molecule has 1 aromatic heterocycles. The van der Waals surface area contributed by atoms with E-state index in [0.717, 1.165) is 32.9 Å². The molecule has 6 heteroatoms. The first-order valence-electron chi connectivity index (χ1n) is 7.83. The molecule has 3 aromatic carbocycles. The fourth-order valence-electron chi connectivity index (χ4n) is 3.09. The van der Waals surface area contributed by atoms with Crippen molar-refractivity contribution in [3.05, 3.63) is 78.4 Å². The maximum absolute atomic E-state index is 11.0. The third-order valence-electron chi connectivity index (χ3n) is 4.19. The van der Waals surface area contributed by atoms with Gasteiger partial charge in [-0.05, 0) is 17.0 Å². The van der Waals surface area contributed by atoms with Crippen molar-refractivity contribution in [3.8, 4) is 11.3 Å². The molecular weight excluding hydrogens is 357 g/mol. The number of pyridine rings is 1. The Morgan fingerprint density at radius 1 is 0.769 bits per heavy atom. The molecule has 4 nitrogen and oxygen atoms in total. The van der Waals surface area contributed by atoms with Gasteiger partial charge in [-0.15, -0.1) is 0 Å². The van der Waals surface area contributed by atoms with E-state index in [0.29, 0.717) is 5.56 Å². The van der Waals surface area contributed by atoms with Crippen molar-refractivity contribution in [3.63, 3.8) is 0 Å². The summed E-state index contributed by atoms with van der Waals surface area (Å²) in [6, 6.07) is 23.2. The van der Waals surface area contributed by atoms with Gasteiger partial charge in [-0.25, -0.2) is 4.98 Å². The fraction of sp³-hybridized carbons (Fsp3) is 0.0500. The standard InChI is InChI=1S/C20H15NO3S.Na.H/c22-25(23,24)13-14-9-11-15(12-10-14)20-18-7-2-1-5-16(18)17-6-3-4-8-19(17)21-20;;/h1-12H,13H2,(H,22,23,24);;. The summed E-state index contributed by atoms with van der Waals surface area (Å²) in [5.41, 5.74) is 3.21. The number of benzene rings is 3. The molecule has 4 aromatic rings. The van der Waals surface area contributed by atoms with E-state index in [4.69, 9.17) is 9.54 Å². The van der Waals surface area contributed by atoms with E-state index in [9.17, 15) is 8.42 Å². The average Bonchev–Trinajstić information content (AvgIpc) is 2.60. The molecule has 0 aliphatic heterocycles. The zero-order valence-corrected chi connectivity index (χ0v) is 14.1. The molecule has 0 atom stereocenters. The predicted molar refractivity (Wildman–Crippen MR) is 107 cm³/mol. The minimum absolute atomic E-state index is 0. The molecule has 1 heterocycles. The third kappa shape index (κ3) is 3.82. The van der Waals surface area contributed by atoms with Gasteiger partial charge < -0.3 is 0 Å². The van der Waals surface area contributed by atoms with E-state index in [1.54, 1.807) is 12.1 Å². The van der Waals surface area contributed by atoms with Crippen LogP contribution in [0.2, 0.25) is 0 Å². The summed E-state index contributed by atoms with van der Waals surface area (Å²) in [4.78, 5) is 4.81. The Labute approximate surface area is 173 Å². The summed E-state index contributed by atoms with van der Waals surface area (Å²) in [7, 11) is -4.03. The Morgan fingerprint density at radius 2 is 1.35 bits per heavy atom. The normalized spacial score (nSPS) is 11.4. The summed E-state index contributed by atoms with van der Waals surface area (Å²) in [5, 5.41) is 3.28. The van der Waals surface area contributed by atoms with Crippen LogP contribution in [0.3, 0.4) is 0 Å². The van der Waals surface area contributed by atoms with Crippen LogP contribution in [0.1, 0.15) is 5.56 Å². The molecule has 0 aliphatic rings. The van der Waals surface area contributed by atoms with Gasteiger partial charge in [0.1, 0.15) is 5.75 Å². The molecule has 0 bridgehead atoms. The number of para-hydroxylation sites is 1. The van der Waals surface area contributed by atoms with Crippen LogP contribution in [0, 0.1) is 0 Å². The maximum atomic E-state index is 11.0. The molecule has 1 N–H and O–H groups in total. The Balaban J connectivity index is 0.00000196. The molecule has 0 unspecified atom stereocenters. The first-order chi connectivity index (χ1) is 12.0. The van der Waals surface area contributed by atoms with Gasteiger partial charge in [0.15, 0.2) is 0 Å². The van der Waals surface area contributed by atoms with Gasteiger partial charge in [0.2, 0.25) is 0 Å². The van der Waals surface area contributed by atoms with Crippen LogP contribution in [0.15, 0.2) is 72.8 Å². The minimum atomic E-state index is -4.03. The first kappa shape index (κ1) is 19.0. The van der Waals surface area contributed by atoms with Gasteiger partial charge in [0.05, 0.1) is 11.2 Å². The molecule has 26 heavy (non-hydrogen) atoms. The van der Waals surface area contributed by atoms with Crippen molar-refractivity contribution in [2.75, 3.05) is 0 Å². The molecule has 0 saturated carbocycles. The van der Waals surface area contributed by atoms with Gasteiger partial charge in [-0.2, -0.15) is 8.42 Å². The molecule has 0 saturated heterocycles. The Kier molecular flexibility index (Phi) is 5.46. The van der Waals surface area contributed by atoms with Crippen LogP contribution in [0.4, 0.5) is 0 Å². The second-order valence-corrected chi connectivity index (χ2v) is 7.40. The Morgan fingerprint density at radius 3 is 2.00 bits per heavy atom. The topological polar surface area (TPSA) is 67.3 Å². The molecule has 0 spiro atoms. The summed E-state index contributed by atoms with van der Waals surface area (Å²) in [6.45, 7) is 0. The number of nitrogens with zero attached hydrogens (tertiary/aromatic N) is 1. The van der Waals surface area contributed by atoms with Crippen molar-refractivity contribution in [2.45, 2.75) is 5.75 Å². The van der Waals surface area contributed by atoms with E-state index < -0.39 is 10.1 Å². The van der Waals surface area contributed by atoms with Crippen molar-refractivity contribution < 1.29 is 13.0 Å². The zero-order chi connectivity index (χ0) is 17.4. The van der Waals surface area contributed by atoms with E-state index in [-0.39, 0.29) is 35.3 Å².